The lowest BCUT2D eigenvalue weighted by Crippen LogP contribution is -2.57. The van der Waals surface area contributed by atoms with Crippen LogP contribution in [0, 0.1) is 17.6 Å². The number of aromatic amines is 1. The Balaban J connectivity index is 1.58. The molecule has 0 saturated carbocycles. The number of aromatic nitrogens is 1. The first-order valence-corrected chi connectivity index (χ1v) is 14.1. The van der Waals surface area contributed by atoms with Gasteiger partial charge in [0.25, 0.3) is 5.56 Å². The summed E-state index contributed by atoms with van der Waals surface area (Å²) in [5, 5.41) is 0.352. The summed E-state index contributed by atoms with van der Waals surface area (Å²) < 4.78 is 68.6. The minimum atomic E-state index is -4.26. The largest absolute Gasteiger partial charge is 0.490 e. The maximum absolute atomic E-state index is 15.4. The first kappa shape index (κ1) is 25.3. The zero-order valence-electron chi connectivity index (χ0n) is 18.9. The smallest absolute Gasteiger partial charge is 0.261 e. The molecule has 1 saturated heterocycles. The topological polar surface area (TPSA) is 85.5 Å². The average Bonchev–Trinajstić information content (AvgIpc) is 2.87. The monoisotopic (exact) mass is 553 g/mol. The Hall–Kier alpha value is -2.40. The Morgan fingerprint density at radius 2 is 1.86 bits per heavy atom. The van der Waals surface area contributed by atoms with Crippen molar-refractivity contribution in [3.63, 3.8) is 0 Å². The summed E-state index contributed by atoms with van der Waals surface area (Å²) >= 11 is 7.29. The maximum atomic E-state index is 15.4. The average molecular weight is 554 g/mol. The quantitative estimate of drug-likeness (QED) is 0.435. The van der Waals surface area contributed by atoms with Gasteiger partial charge in [0.15, 0.2) is 21.4 Å². The minimum absolute atomic E-state index is 0.0277. The van der Waals surface area contributed by atoms with Gasteiger partial charge in [-0.3, -0.25) is 4.79 Å². The number of fused-ring (bicyclic) bond motifs is 3. The third-order valence-electron chi connectivity index (χ3n) is 6.79. The van der Waals surface area contributed by atoms with Gasteiger partial charge in [0.2, 0.25) is 0 Å². The molecule has 1 fully saturated rings. The van der Waals surface area contributed by atoms with Crippen LogP contribution < -0.4 is 10.3 Å². The van der Waals surface area contributed by atoms with E-state index in [4.69, 9.17) is 21.1 Å². The van der Waals surface area contributed by atoms with Crippen molar-refractivity contribution in [3.05, 3.63) is 87.3 Å². The van der Waals surface area contributed by atoms with Crippen molar-refractivity contribution in [3.8, 4) is 5.75 Å². The Bertz CT molecular complexity index is 1450. The van der Waals surface area contributed by atoms with Crippen molar-refractivity contribution in [1.82, 2.24) is 4.98 Å². The van der Waals surface area contributed by atoms with Crippen LogP contribution in [0.3, 0.4) is 0 Å². The fourth-order valence-corrected chi connectivity index (χ4v) is 8.54. The van der Waals surface area contributed by atoms with Crippen LogP contribution in [0.4, 0.5) is 8.78 Å². The number of halogens is 3. The molecule has 5 rings (SSSR count). The normalized spacial score (nSPS) is 23.4. The molecule has 190 valence electrons. The maximum Gasteiger partial charge on any atom is 0.261 e. The fraction of sp³-hybridized carbons (Fsp3) is 0.320. The number of ether oxygens (including phenoxy) is 2. The molecule has 6 nitrogen and oxygen atoms in total. The van der Waals surface area contributed by atoms with Gasteiger partial charge in [0, 0.05) is 29.5 Å². The summed E-state index contributed by atoms with van der Waals surface area (Å²) in [6.45, 7) is -0.137. The number of thioether (sulfide) groups is 1. The third kappa shape index (κ3) is 4.13. The Kier molecular flexibility index (Phi) is 6.88. The van der Waals surface area contributed by atoms with Gasteiger partial charge in [0.1, 0.15) is 10.6 Å². The molecule has 3 aromatic rings. The van der Waals surface area contributed by atoms with Crippen LogP contribution >= 0.6 is 23.4 Å². The molecule has 1 aromatic heterocycles. The van der Waals surface area contributed by atoms with Crippen LogP contribution in [0.2, 0.25) is 5.02 Å². The van der Waals surface area contributed by atoms with E-state index in [2.05, 4.69) is 4.98 Å². The summed E-state index contributed by atoms with van der Waals surface area (Å²) in [6, 6.07) is 10.9. The molecule has 1 N–H and O–H groups in total. The number of rotatable bonds is 6. The molecule has 11 heteroatoms. The molecule has 0 amide bonds. The lowest BCUT2D eigenvalue weighted by Gasteiger charge is -2.50. The second-order valence-corrected chi connectivity index (χ2v) is 12.4. The van der Waals surface area contributed by atoms with Gasteiger partial charge in [0.05, 0.1) is 28.1 Å². The second kappa shape index (κ2) is 9.81. The number of benzene rings is 2. The summed E-state index contributed by atoms with van der Waals surface area (Å²) in [5.41, 5.74) is -0.520. The number of nitrogens with one attached hydrogen (secondary N) is 1. The first-order chi connectivity index (χ1) is 17.3. The number of hydrogen-bond donors (Lipinski definition) is 1. The predicted molar refractivity (Wildman–Crippen MR) is 132 cm³/mol. The van der Waals surface area contributed by atoms with E-state index < -0.39 is 38.2 Å². The van der Waals surface area contributed by atoms with Gasteiger partial charge in [-0.2, -0.15) is 0 Å². The van der Waals surface area contributed by atoms with Crippen molar-refractivity contribution in [2.24, 2.45) is 5.92 Å². The van der Waals surface area contributed by atoms with Gasteiger partial charge >= 0.3 is 0 Å². The number of pyridine rings is 1. The van der Waals surface area contributed by atoms with Crippen LogP contribution in [0.15, 0.2) is 69.3 Å². The highest BCUT2D eigenvalue weighted by Crippen LogP contribution is 2.56. The van der Waals surface area contributed by atoms with Gasteiger partial charge in [-0.1, -0.05) is 11.6 Å². The van der Waals surface area contributed by atoms with Crippen LogP contribution in [-0.2, 0) is 19.3 Å². The molecule has 3 atom stereocenters. The summed E-state index contributed by atoms with van der Waals surface area (Å²) in [7, 11) is -4.26. The van der Waals surface area contributed by atoms with Crippen molar-refractivity contribution in [2.75, 3.05) is 19.0 Å². The highest BCUT2D eigenvalue weighted by atomic mass is 35.5. The van der Waals surface area contributed by atoms with Crippen LogP contribution in [0.5, 0.6) is 5.75 Å². The van der Waals surface area contributed by atoms with Crippen LogP contribution in [0.25, 0.3) is 0 Å². The number of sulfone groups is 1. The molecule has 36 heavy (non-hydrogen) atoms. The lowest BCUT2D eigenvalue weighted by atomic mass is 9.75. The highest BCUT2D eigenvalue weighted by molar-refractivity contribution is 7.99. The molecule has 2 aliphatic rings. The molecule has 0 unspecified atom stereocenters. The van der Waals surface area contributed by atoms with E-state index in [1.165, 1.54) is 42.2 Å². The predicted octanol–water partition coefficient (Wildman–Crippen LogP) is 4.96. The van der Waals surface area contributed by atoms with E-state index >= 15 is 4.39 Å². The van der Waals surface area contributed by atoms with Gasteiger partial charge in [-0.25, -0.2) is 17.2 Å². The Morgan fingerprint density at radius 1 is 1.11 bits per heavy atom. The van der Waals surface area contributed by atoms with Crippen molar-refractivity contribution in [1.29, 1.82) is 0 Å². The molecule has 0 bridgehead atoms. The van der Waals surface area contributed by atoms with Crippen molar-refractivity contribution >= 4 is 33.2 Å². The molecule has 0 radical (unpaired) electrons. The van der Waals surface area contributed by atoms with Gasteiger partial charge in [-0.05, 0) is 61.4 Å². The zero-order chi connectivity index (χ0) is 25.5. The third-order valence-corrected chi connectivity index (χ3v) is 10.7. The summed E-state index contributed by atoms with van der Waals surface area (Å²) in [4.78, 5) is 15.1. The van der Waals surface area contributed by atoms with E-state index in [1.54, 1.807) is 12.1 Å². The van der Waals surface area contributed by atoms with E-state index in [9.17, 15) is 17.6 Å². The van der Waals surface area contributed by atoms with Crippen LogP contribution in [0.1, 0.15) is 18.4 Å². The molecule has 2 aliphatic heterocycles. The van der Waals surface area contributed by atoms with Gasteiger partial charge in [-0.15, -0.1) is 11.8 Å². The standard InChI is InChI=1S/C25H22ClF2NO5S2/c26-15-3-5-16(6-4-15)36(31,32)25-10-12-33-20(9-13-35-21-2-1-11-29-24(21)30)17(25)14-34-23-19(28)8-7-18(27)22(23)25/h1-8,11,17,20H,9-10,12-14H2,(H,29,30)/t17-,20-,25-/m0/s1. The fourth-order valence-electron chi connectivity index (χ4n) is 5.14. The van der Waals surface area contributed by atoms with Crippen molar-refractivity contribution in [2.45, 2.75) is 33.5 Å². The highest BCUT2D eigenvalue weighted by Gasteiger charge is 2.61. The van der Waals surface area contributed by atoms with Crippen molar-refractivity contribution < 1.29 is 26.7 Å². The van der Waals surface area contributed by atoms with E-state index in [0.717, 1.165) is 12.1 Å². The SMILES string of the molecule is O=c1[nH]cccc1SCC[C@@H]1OCC[C@@]2(S(=O)(=O)c3ccc(Cl)cc3)c3c(F)ccc(F)c3OC[C@@H]12. The second-order valence-electron chi connectivity index (χ2n) is 8.66. The summed E-state index contributed by atoms with van der Waals surface area (Å²) in [6.07, 6.45) is 1.21. The first-order valence-electron chi connectivity index (χ1n) is 11.3. The molecule has 3 heterocycles. The van der Waals surface area contributed by atoms with Gasteiger partial charge < -0.3 is 14.5 Å². The minimum Gasteiger partial charge on any atom is -0.490 e. The Morgan fingerprint density at radius 3 is 2.61 bits per heavy atom. The molecular formula is C25H22ClF2NO5S2. The molecule has 0 aliphatic carbocycles. The van der Waals surface area contributed by atoms with E-state index in [-0.39, 0.29) is 41.4 Å². The lowest BCUT2D eigenvalue weighted by molar-refractivity contribution is -0.0731. The Labute approximate surface area is 215 Å². The molecule has 2 aromatic carbocycles. The van der Waals surface area contributed by atoms with E-state index in [0.29, 0.717) is 22.1 Å². The molecular weight excluding hydrogens is 532 g/mol. The summed E-state index contributed by atoms with van der Waals surface area (Å²) in [5.74, 6) is -2.42. The number of H-pyrrole nitrogens is 1. The molecule has 0 spiro atoms. The van der Waals surface area contributed by atoms with E-state index in [1.807, 2.05) is 0 Å². The van der Waals surface area contributed by atoms with Crippen LogP contribution in [-0.4, -0.2) is 38.5 Å². The number of hydrogen-bond acceptors (Lipinski definition) is 6. The zero-order valence-corrected chi connectivity index (χ0v) is 21.3.